The average molecular weight is 328 g/mol. The number of hydrogen-bond acceptors (Lipinski definition) is 6. The zero-order valence-corrected chi connectivity index (χ0v) is 13.6. The highest BCUT2D eigenvalue weighted by molar-refractivity contribution is 7.90. The Bertz CT molecular complexity index is 599. The Labute approximate surface area is 131 Å². The molecule has 124 valence electrons. The van der Waals surface area contributed by atoms with Crippen LogP contribution < -0.4 is 0 Å². The van der Waals surface area contributed by atoms with Crippen molar-refractivity contribution in [1.29, 1.82) is 0 Å². The summed E-state index contributed by atoms with van der Waals surface area (Å²) in [5.74, 6) is 0.624. The van der Waals surface area contributed by atoms with Gasteiger partial charge >= 0.3 is 0 Å². The fourth-order valence-corrected chi connectivity index (χ4v) is 5.38. The molecule has 3 rings (SSSR count). The maximum Gasteiger partial charge on any atom is 0.241 e. The predicted octanol–water partition coefficient (Wildman–Crippen LogP) is 2.34. The normalized spacial score (nSPS) is 23.0. The summed E-state index contributed by atoms with van der Waals surface area (Å²) in [5.41, 5.74) is -1.08. The van der Waals surface area contributed by atoms with Crippen LogP contribution in [0.3, 0.4) is 0 Å². The van der Waals surface area contributed by atoms with Crippen molar-refractivity contribution in [1.82, 2.24) is 10.1 Å². The number of aromatic nitrogens is 2. The van der Waals surface area contributed by atoms with Gasteiger partial charge < -0.3 is 9.63 Å². The first-order chi connectivity index (χ1) is 10.5. The SMILES string of the molecule is O=S(=O)(Cc1nc(C2CCCC2)no1)CC1(O)CCCCC1. The van der Waals surface area contributed by atoms with Crippen LogP contribution in [0.15, 0.2) is 4.52 Å². The Balaban J connectivity index is 1.63. The summed E-state index contributed by atoms with van der Waals surface area (Å²) in [6, 6.07) is 0. The summed E-state index contributed by atoms with van der Waals surface area (Å²) in [4.78, 5) is 4.25. The highest BCUT2D eigenvalue weighted by Crippen LogP contribution is 2.33. The molecule has 1 N–H and O–H groups in total. The zero-order valence-electron chi connectivity index (χ0n) is 12.8. The summed E-state index contributed by atoms with van der Waals surface area (Å²) in [5, 5.41) is 14.4. The highest BCUT2D eigenvalue weighted by atomic mass is 32.2. The molecule has 2 fully saturated rings. The van der Waals surface area contributed by atoms with Crippen molar-refractivity contribution in [3.05, 3.63) is 11.7 Å². The van der Waals surface area contributed by atoms with E-state index in [4.69, 9.17) is 4.52 Å². The Kier molecular flexibility index (Phi) is 4.54. The molecule has 22 heavy (non-hydrogen) atoms. The van der Waals surface area contributed by atoms with Gasteiger partial charge in [-0.1, -0.05) is 37.3 Å². The van der Waals surface area contributed by atoms with E-state index in [1.54, 1.807) is 0 Å². The van der Waals surface area contributed by atoms with E-state index < -0.39 is 15.4 Å². The molecule has 1 aromatic rings. The molecule has 0 spiro atoms. The Hall–Kier alpha value is -0.950. The minimum absolute atomic E-state index is 0.154. The lowest BCUT2D eigenvalue weighted by atomic mass is 9.86. The third-order valence-corrected chi connectivity index (χ3v) is 6.48. The molecule has 0 amide bonds. The van der Waals surface area contributed by atoms with Crippen LogP contribution in [0.4, 0.5) is 0 Å². The van der Waals surface area contributed by atoms with Crippen LogP contribution in [0.2, 0.25) is 0 Å². The molecule has 1 aromatic heterocycles. The summed E-state index contributed by atoms with van der Waals surface area (Å²) >= 11 is 0. The first-order valence-corrected chi connectivity index (χ1v) is 10.0. The maximum absolute atomic E-state index is 12.3. The van der Waals surface area contributed by atoms with Gasteiger partial charge in [0.25, 0.3) is 0 Å². The standard InChI is InChI=1S/C15H24N2O4S/c18-15(8-4-1-5-9-15)11-22(19,20)10-13-16-14(17-21-13)12-6-2-3-7-12/h12,18H,1-11H2. The van der Waals surface area contributed by atoms with Gasteiger partial charge in [-0.05, 0) is 25.7 Å². The molecule has 2 aliphatic rings. The van der Waals surface area contributed by atoms with Crippen molar-refractivity contribution >= 4 is 9.84 Å². The lowest BCUT2D eigenvalue weighted by Gasteiger charge is -2.31. The lowest BCUT2D eigenvalue weighted by Crippen LogP contribution is -2.39. The molecule has 0 aliphatic heterocycles. The van der Waals surface area contributed by atoms with Gasteiger partial charge in [-0.15, -0.1) is 0 Å². The van der Waals surface area contributed by atoms with E-state index in [-0.39, 0.29) is 17.4 Å². The van der Waals surface area contributed by atoms with Crippen LogP contribution in [0.5, 0.6) is 0 Å². The van der Waals surface area contributed by atoms with Gasteiger partial charge in [-0.25, -0.2) is 8.42 Å². The van der Waals surface area contributed by atoms with Gasteiger partial charge in [-0.2, -0.15) is 4.98 Å². The number of aliphatic hydroxyl groups is 1. The van der Waals surface area contributed by atoms with Crippen molar-refractivity contribution in [2.45, 2.75) is 75.1 Å². The molecule has 0 atom stereocenters. The van der Waals surface area contributed by atoms with E-state index in [1.165, 1.54) is 12.8 Å². The van der Waals surface area contributed by atoms with Gasteiger partial charge in [0, 0.05) is 5.92 Å². The average Bonchev–Trinajstić information content (AvgIpc) is 3.07. The molecule has 1 heterocycles. The van der Waals surface area contributed by atoms with Gasteiger partial charge in [-0.3, -0.25) is 0 Å². The number of rotatable bonds is 5. The molecule has 2 saturated carbocycles. The lowest BCUT2D eigenvalue weighted by molar-refractivity contribution is 0.0256. The third kappa shape index (κ3) is 3.87. The van der Waals surface area contributed by atoms with Crippen molar-refractivity contribution in [3.8, 4) is 0 Å². The predicted molar refractivity (Wildman–Crippen MR) is 81.0 cm³/mol. The third-order valence-electron chi connectivity index (χ3n) is 4.82. The molecule has 0 radical (unpaired) electrons. The Morgan fingerprint density at radius 2 is 1.82 bits per heavy atom. The molecule has 2 aliphatic carbocycles. The van der Waals surface area contributed by atoms with Gasteiger partial charge in [0.15, 0.2) is 15.7 Å². The number of sulfone groups is 1. The first kappa shape index (κ1) is 15.9. The van der Waals surface area contributed by atoms with E-state index in [0.29, 0.717) is 24.6 Å². The monoisotopic (exact) mass is 328 g/mol. The van der Waals surface area contributed by atoms with E-state index >= 15 is 0 Å². The number of hydrogen-bond donors (Lipinski definition) is 1. The minimum Gasteiger partial charge on any atom is -0.389 e. The molecule has 7 heteroatoms. The highest BCUT2D eigenvalue weighted by Gasteiger charge is 2.35. The van der Waals surface area contributed by atoms with Crippen molar-refractivity contribution < 1.29 is 18.0 Å². The second-order valence-corrected chi connectivity index (χ2v) is 8.91. The van der Waals surface area contributed by atoms with Crippen LogP contribution >= 0.6 is 0 Å². The van der Waals surface area contributed by atoms with Crippen LogP contribution in [0.1, 0.15) is 75.4 Å². The van der Waals surface area contributed by atoms with Crippen LogP contribution in [-0.2, 0) is 15.6 Å². The molecule has 0 bridgehead atoms. The molecule has 0 saturated heterocycles. The van der Waals surface area contributed by atoms with Gasteiger partial charge in [0.05, 0.1) is 11.4 Å². The smallest absolute Gasteiger partial charge is 0.241 e. The fraction of sp³-hybridized carbons (Fsp3) is 0.867. The van der Waals surface area contributed by atoms with Gasteiger partial charge in [0.1, 0.15) is 5.75 Å². The molecule has 0 unspecified atom stereocenters. The molecule has 0 aromatic carbocycles. The van der Waals surface area contributed by atoms with E-state index in [9.17, 15) is 13.5 Å². The topological polar surface area (TPSA) is 93.3 Å². The van der Waals surface area contributed by atoms with Gasteiger partial charge in [0.2, 0.25) is 5.89 Å². The van der Waals surface area contributed by atoms with Crippen molar-refractivity contribution in [2.75, 3.05) is 5.75 Å². The molecular formula is C15H24N2O4S. The van der Waals surface area contributed by atoms with Crippen molar-refractivity contribution in [2.24, 2.45) is 0 Å². The van der Waals surface area contributed by atoms with E-state index in [2.05, 4.69) is 10.1 Å². The van der Waals surface area contributed by atoms with E-state index in [0.717, 1.165) is 32.1 Å². The first-order valence-electron chi connectivity index (χ1n) is 8.21. The maximum atomic E-state index is 12.3. The second kappa shape index (κ2) is 6.28. The summed E-state index contributed by atoms with van der Waals surface area (Å²) in [6.45, 7) is 0. The quantitative estimate of drug-likeness (QED) is 0.891. The summed E-state index contributed by atoms with van der Waals surface area (Å²) in [6.07, 6.45) is 8.39. The number of nitrogens with zero attached hydrogens (tertiary/aromatic N) is 2. The second-order valence-electron chi connectivity index (χ2n) is 6.84. The largest absolute Gasteiger partial charge is 0.389 e. The zero-order chi connectivity index (χ0) is 15.6. The summed E-state index contributed by atoms with van der Waals surface area (Å²) < 4.78 is 29.7. The van der Waals surface area contributed by atoms with E-state index in [1.807, 2.05) is 0 Å². The Morgan fingerprint density at radius 1 is 1.14 bits per heavy atom. The minimum atomic E-state index is -3.45. The van der Waals surface area contributed by atoms with Crippen LogP contribution in [0, 0.1) is 0 Å². The van der Waals surface area contributed by atoms with Crippen LogP contribution in [-0.4, -0.2) is 35.0 Å². The molecular weight excluding hydrogens is 304 g/mol. The van der Waals surface area contributed by atoms with Crippen LogP contribution in [0.25, 0.3) is 0 Å². The Morgan fingerprint density at radius 3 is 2.50 bits per heavy atom. The fourth-order valence-electron chi connectivity index (χ4n) is 3.68. The molecule has 6 nitrogen and oxygen atoms in total. The van der Waals surface area contributed by atoms with Crippen molar-refractivity contribution in [3.63, 3.8) is 0 Å². The summed E-state index contributed by atoms with van der Waals surface area (Å²) in [7, 11) is -3.45.